The summed E-state index contributed by atoms with van der Waals surface area (Å²) in [5.41, 5.74) is 0. The van der Waals surface area contributed by atoms with Crippen LogP contribution < -0.4 is 0 Å². The summed E-state index contributed by atoms with van der Waals surface area (Å²) in [6.07, 6.45) is 2.82. The average Bonchev–Trinajstić information content (AvgIpc) is 2.63. The second-order valence-corrected chi connectivity index (χ2v) is 8.80. The third-order valence-electron chi connectivity index (χ3n) is 5.20. The number of ether oxygens (including phenoxy) is 1. The van der Waals surface area contributed by atoms with Gasteiger partial charge in [0.15, 0.2) is 0 Å². The van der Waals surface area contributed by atoms with E-state index in [2.05, 4.69) is 0 Å². The largest absolute Gasteiger partial charge is 0.381 e. The summed E-state index contributed by atoms with van der Waals surface area (Å²) in [5, 5.41) is 0. The molecule has 144 valence electrons. The third kappa shape index (κ3) is 4.07. The van der Waals surface area contributed by atoms with Crippen molar-refractivity contribution in [2.45, 2.75) is 49.6 Å². The predicted molar refractivity (Wildman–Crippen MR) is 94.5 cm³/mol. The molecule has 1 aromatic carbocycles. The Kier molecular flexibility index (Phi) is 5.94. The molecule has 0 atom stereocenters. The van der Waals surface area contributed by atoms with Crippen molar-refractivity contribution >= 4 is 15.9 Å². The third-order valence-corrected chi connectivity index (χ3v) is 7.09. The minimum atomic E-state index is -3.71. The molecule has 2 aliphatic rings. The molecular formula is C18H25FN2O4S. The quantitative estimate of drug-likeness (QED) is 0.796. The first kappa shape index (κ1) is 19.3. The number of rotatable bonds is 4. The van der Waals surface area contributed by atoms with Gasteiger partial charge in [-0.25, -0.2) is 12.8 Å². The fraction of sp³-hybridized carbons (Fsp3) is 0.611. The Hall–Kier alpha value is -1.51. The molecule has 0 saturated carbocycles. The van der Waals surface area contributed by atoms with E-state index in [-0.39, 0.29) is 22.9 Å². The van der Waals surface area contributed by atoms with Gasteiger partial charge in [0.25, 0.3) is 0 Å². The molecule has 2 fully saturated rings. The summed E-state index contributed by atoms with van der Waals surface area (Å²) < 4.78 is 45.6. The molecule has 8 heteroatoms. The van der Waals surface area contributed by atoms with Gasteiger partial charge < -0.3 is 9.64 Å². The van der Waals surface area contributed by atoms with Crippen molar-refractivity contribution in [3.63, 3.8) is 0 Å². The molecule has 0 aromatic heterocycles. The van der Waals surface area contributed by atoms with Gasteiger partial charge in [-0.2, -0.15) is 4.31 Å². The van der Waals surface area contributed by atoms with Crippen LogP contribution in [-0.4, -0.2) is 61.9 Å². The molecule has 0 radical (unpaired) electrons. The molecule has 0 N–H and O–H groups in total. The number of halogens is 1. The topological polar surface area (TPSA) is 66.9 Å². The highest BCUT2D eigenvalue weighted by Gasteiger charge is 2.35. The first-order valence-electron chi connectivity index (χ1n) is 9.02. The highest BCUT2D eigenvalue weighted by molar-refractivity contribution is 7.89. The number of amides is 1. The van der Waals surface area contributed by atoms with E-state index in [9.17, 15) is 17.6 Å². The highest BCUT2D eigenvalue weighted by atomic mass is 32.2. The predicted octanol–water partition coefficient (Wildman–Crippen LogP) is 2.01. The summed E-state index contributed by atoms with van der Waals surface area (Å²) in [6.45, 7) is 3.54. The van der Waals surface area contributed by atoms with E-state index in [4.69, 9.17) is 4.74 Å². The van der Waals surface area contributed by atoms with E-state index < -0.39 is 15.8 Å². The molecule has 1 amide bonds. The Bertz CT molecular complexity index is 741. The van der Waals surface area contributed by atoms with Gasteiger partial charge in [-0.05, 0) is 43.9 Å². The van der Waals surface area contributed by atoms with Crippen LogP contribution in [0.15, 0.2) is 29.2 Å². The fourth-order valence-corrected chi connectivity index (χ4v) is 5.41. The van der Waals surface area contributed by atoms with Crippen LogP contribution in [0.3, 0.4) is 0 Å². The normalized spacial score (nSPS) is 20.8. The second kappa shape index (κ2) is 8.02. The molecule has 1 aromatic rings. The lowest BCUT2D eigenvalue weighted by atomic mass is 9.99. The number of carbonyl (C=O) groups is 1. The van der Waals surface area contributed by atoms with Crippen molar-refractivity contribution in [3.05, 3.63) is 30.1 Å². The van der Waals surface area contributed by atoms with Gasteiger partial charge in [-0.3, -0.25) is 4.79 Å². The van der Waals surface area contributed by atoms with Gasteiger partial charge >= 0.3 is 0 Å². The zero-order chi connectivity index (χ0) is 18.7. The maximum absolute atomic E-state index is 13.4. The van der Waals surface area contributed by atoms with E-state index in [1.807, 2.05) is 4.90 Å². The number of piperidine rings is 1. The lowest BCUT2D eigenvalue weighted by Crippen LogP contribution is -2.53. The Balaban J connectivity index is 1.68. The molecule has 2 aliphatic heterocycles. The van der Waals surface area contributed by atoms with Crippen LogP contribution in [0.1, 0.15) is 32.6 Å². The van der Waals surface area contributed by atoms with Crippen molar-refractivity contribution in [1.29, 1.82) is 0 Å². The average molecular weight is 384 g/mol. The van der Waals surface area contributed by atoms with Crippen molar-refractivity contribution in [1.82, 2.24) is 9.21 Å². The maximum Gasteiger partial charge on any atom is 0.243 e. The monoisotopic (exact) mass is 384 g/mol. The number of sulfonamides is 1. The van der Waals surface area contributed by atoms with Crippen LogP contribution in [0.4, 0.5) is 4.39 Å². The summed E-state index contributed by atoms with van der Waals surface area (Å²) in [4.78, 5) is 14.1. The number of nitrogens with zero attached hydrogens (tertiary/aromatic N) is 2. The molecule has 0 bridgehead atoms. The zero-order valence-electron chi connectivity index (χ0n) is 14.9. The zero-order valence-corrected chi connectivity index (χ0v) is 15.8. The van der Waals surface area contributed by atoms with Gasteiger partial charge in [-0.1, -0.05) is 6.07 Å². The molecule has 2 heterocycles. The smallest absolute Gasteiger partial charge is 0.243 e. The molecular weight excluding hydrogens is 359 g/mol. The van der Waals surface area contributed by atoms with Crippen LogP contribution in [0.5, 0.6) is 0 Å². The summed E-state index contributed by atoms with van der Waals surface area (Å²) in [6, 6.07) is 5.29. The minimum Gasteiger partial charge on any atom is -0.381 e. The standard InChI is InChI=1S/C18H25FN2O4S/c1-14(22)21(17-7-11-25-12-8-17)16-5-9-20(10-6-16)26(23,24)18-4-2-3-15(19)13-18/h2-4,13,16-17H,5-12H2,1H3. The van der Waals surface area contributed by atoms with Gasteiger partial charge in [-0.15, -0.1) is 0 Å². The second-order valence-electron chi connectivity index (χ2n) is 6.86. The number of hydrogen-bond acceptors (Lipinski definition) is 4. The van der Waals surface area contributed by atoms with Gasteiger partial charge in [0.2, 0.25) is 15.9 Å². The first-order valence-corrected chi connectivity index (χ1v) is 10.5. The SMILES string of the molecule is CC(=O)N(C1CCOCC1)C1CCN(S(=O)(=O)c2cccc(F)c2)CC1. The van der Waals surface area contributed by atoms with E-state index in [1.165, 1.54) is 22.5 Å². The van der Waals surface area contributed by atoms with Crippen molar-refractivity contribution in [2.24, 2.45) is 0 Å². The van der Waals surface area contributed by atoms with E-state index >= 15 is 0 Å². The summed E-state index contributed by atoms with van der Waals surface area (Å²) in [7, 11) is -3.71. The lowest BCUT2D eigenvalue weighted by molar-refractivity contribution is -0.137. The number of hydrogen-bond donors (Lipinski definition) is 0. The molecule has 26 heavy (non-hydrogen) atoms. The molecule has 2 saturated heterocycles. The van der Waals surface area contributed by atoms with Gasteiger partial charge in [0, 0.05) is 45.3 Å². The molecule has 6 nitrogen and oxygen atoms in total. The molecule has 0 aliphatic carbocycles. The Morgan fingerprint density at radius 2 is 1.77 bits per heavy atom. The Morgan fingerprint density at radius 3 is 2.35 bits per heavy atom. The van der Waals surface area contributed by atoms with Crippen molar-refractivity contribution < 1.29 is 22.3 Å². The Labute approximate surface area is 154 Å². The lowest BCUT2D eigenvalue weighted by Gasteiger charge is -2.43. The van der Waals surface area contributed by atoms with Crippen molar-refractivity contribution in [2.75, 3.05) is 26.3 Å². The minimum absolute atomic E-state index is 0.0243. The van der Waals surface area contributed by atoms with Gasteiger partial charge in [0.05, 0.1) is 4.90 Å². The summed E-state index contributed by atoms with van der Waals surface area (Å²) >= 11 is 0. The van der Waals surface area contributed by atoms with Crippen LogP contribution in [0, 0.1) is 5.82 Å². The maximum atomic E-state index is 13.4. The molecule has 0 spiro atoms. The van der Waals surface area contributed by atoms with Crippen LogP contribution in [-0.2, 0) is 19.6 Å². The van der Waals surface area contributed by atoms with Crippen molar-refractivity contribution in [3.8, 4) is 0 Å². The van der Waals surface area contributed by atoms with Crippen LogP contribution in [0.2, 0.25) is 0 Å². The first-order chi connectivity index (χ1) is 12.4. The number of carbonyl (C=O) groups excluding carboxylic acids is 1. The molecule has 3 rings (SSSR count). The van der Waals surface area contributed by atoms with Crippen LogP contribution >= 0.6 is 0 Å². The molecule has 0 unspecified atom stereocenters. The Morgan fingerprint density at radius 1 is 1.15 bits per heavy atom. The van der Waals surface area contributed by atoms with E-state index in [0.717, 1.165) is 18.9 Å². The van der Waals surface area contributed by atoms with E-state index in [0.29, 0.717) is 39.1 Å². The highest BCUT2D eigenvalue weighted by Crippen LogP contribution is 2.27. The number of benzene rings is 1. The van der Waals surface area contributed by atoms with Crippen LogP contribution in [0.25, 0.3) is 0 Å². The van der Waals surface area contributed by atoms with E-state index in [1.54, 1.807) is 6.92 Å². The van der Waals surface area contributed by atoms with Gasteiger partial charge in [0.1, 0.15) is 5.82 Å². The summed E-state index contributed by atoms with van der Waals surface area (Å²) in [5.74, 6) is -0.536. The fourth-order valence-electron chi connectivity index (χ4n) is 3.91.